The van der Waals surface area contributed by atoms with Crippen LogP contribution >= 0.6 is 0 Å². The van der Waals surface area contributed by atoms with Crippen molar-refractivity contribution in [1.82, 2.24) is 29.5 Å². The molecule has 2 aliphatic heterocycles. The number of amides is 2. The Hall–Kier alpha value is -2.84. The third-order valence-corrected chi connectivity index (χ3v) is 5.18. The minimum absolute atomic E-state index is 0.0398. The number of urea groups is 1. The molecule has 0 aromatic carbocycles. The van der Waals surface area contributed by atoms with Crippen LogP contribution in [-0.4, -0.2) is 69.3 Å². The molecule has 4 heterocycles. The SMILES string of the molecule is Cc1cc(NCc2cc3n(n2)CCN(C(=O)N(C)C)C3)nc(N2CCCC2)n1. The Kier molecular flexibility index (Phi) is 5.06. The summed E-state index contributed by atoms with van der Waals surface area (Å²) in [6.45, 7) is 6.65. The third kappa shape index (κ3) is 3.88. The quantitative estimate of drug-likeness (QED) is 0.864. The van der Waals surface area contributed by atoms with E-state index in [1.54, 1.807) is 19.0 Å². The maximum Gasteiger partial charge on any atom is 0.319 e. The summed E-state index contributed by atoms with van der Waals surface area (Å²) in [5.41, 5.74) is 2.98. The summed E-state index contributed by atoms with van der Waals surface area (Å²) >= 11 is 0. The van der Waals surface area contributed by atoms with Gasteiger partial charge in [-0.1, -0.05) is 0 Å². The predicted octanol–water partition coefficient (Wildman–Crippen LogP) is 1.69. The van der Waals surface area contributed by atoms with E-state index < -0.39 is 0 Å². The second-order valence-corrected chi connectivity index (χ2v) is 7.69. The van der Waals surface area contributed by atoms with Gasteiger partial charge in [-0.3, -0.25) is 4.68 Å². The summed E-state index contributed by atoms with van der Waals surface area (Å²) in [6, 6.07) is 4.07. The van der Waals surface area contributed by atoms with Crippen LogP contribution in [0.25, 0.3) is 0 Å². The number of hydrogen-bond donors (Lipinski definition) is 1. The molecular formula is C19H28N8O. The van der Waals surface area contributed by atoms with Crippen LogP contribution in [0.2, 0.25) is 0 Å². The summed E-state index contributed by atoms with van der Waals surface area (Å²) in [5.74, 6) is 1.63. The Morgan fingerprint density at radius 3 is 2.68 bits per heavy atom. The number of hydrogen-bond acceptors (Lipinski definition) is 6. The number of fused-ring (bicyclic) bond motifs is 1. The molecule has 0 unspecified atom stereocenters. The zero-order valence-electron chi connectivity index (χ0n) is 16.9. The minimum Gasteiger partial charge on any atom is -0.364 e. The molecule has 1 saturated heterocycles. The molecule has 2 aromatic rings. The first kappa shape index (κ1) is 18.5. The van der Waals surface area contributed by atoms with Crippen molar-refractivity contribution in [2.75, 3.05) is 43.9 Å². The van der Waals surface area contributed by atoms with E-state index in [0.717, 1.165) is 48.5 Å². The van der Waals surface area contributed by atoms with Crippen LogP contribution in [0.4, 0.5) is 16.6 Å². The first-order valence-corrected chi connectivity index (χ1v) is 9.86. The van der Waals surface area contributed by atoms with Gasteiger partial charge in [-0.15, -0.1) is 0 Å². The van der Waals surface area contributed by atoms with Crippen LogP contribution in [0.5, 0.6) is 0 Å². The lowest BCUT2D eigenvalue weighted by Crippen LogP contribution is -2.43. The summed E-state index contributed by atoms with van der Waals surface area (Å²) in [7, 11) is 3.56. The Labute approximate surface area is 165 Å². The number of carbonyl (C=O) groups is 1. The Balaban J connectivity index is 1.42. The summed E-state index contributed by atoms with van der Waals surface area (Å²) in [4.78, 5) is 27.2. The van der Waals surface area contributed by atoms with Crippen molar-refractivity contribution in [2.45, 2.75) is 39.4 Å². The van der Waals surface area contributed by atoms with Crippen LogP contribution < -0.4 is 10.2 Å². The first-order valence-electron chi connectivity index (χ1n) is 9.86. The molecule has 0 aliphatic carbocycles. The second kappa shape index (κ2) is 7.65. The van der Waals surface area contributed by atoms with Crippen molar-refractivity contribution in [2.24, 2.45) is 0 Å². The van der Waals surface area contributed by atoms with Crippen molar-refractivity contribution in [1.29, 1.82) is 0 Å². The third-order valence-electron chi connectivity index (χ3n) is 5.18. The van der Waals surface area contributed by atoms with E-state index in [9.17, 15) is 4.79 Å². The van der Waals surface area contributed by atoms with Crippen molar-refractivity contribution in [3.05, 3.63) is 29.2 Å². The lowest BCUT2D eigenvalue weighted by molar-refractivity contribution is 0.155. The van der Waals surface area contributed by atoms with Crippen LogP contribution in [0, 0.1) is 6.92 Å². The van der Waals surface area contributed by atoms with Crippen molar-refractivity contribution in [3.63, 3.8) is 0 Å². The van der Waals surface area contributed by atoms with Gasteiger partial charge in [0.2, 0.25) is 5.95 Å². The molecule has 4 rings (SSSR count). The van der Waals surface area contributed by atoms with Crippen LogP contribution in [0.1, 0.15) is 29.9 Å². The number of nitrogens with zero attached hydrogens (tertiary/aromatic N) is 7. The monoisotopic (exact) mass is 384 g/mol. The minimum atomic E-state index is 0.0398. The molecule has 0 atom stereocenters. The molecule has 9 heteroatoms. The first-order chi connectivity index (χ1) is 13.5. The number of nitrogens with one attached hydrogen (secondary N) is 1. The van der Waals surface area contributed by atoms with Gasteiger partial charge in [0.15, 0.2) is 0 Å². The van der Waals surface area contributed by atoms with Gasteiger partial charge in [0.25, 0.3) is 0 Å². The lowest BCUT2D eigenvalue weighted by Gasteiger charge is -2.29. The fourth-order valence-corrected chi connectivity index (χ4v) is 3.74. The van der Waals surface area contributed by atoms with Gasteiger partial charge < -0.3 is 20.0 Å². The van der Waals surface area contributed by atoms with Gasteiger partial charge in [0, 0.05) is 45.5 Å². The fourth-order valence-electron chi connectivity index (χ4n) is 3.74. The highest BCUT2D eigenvalue weighted by molar-refractivity contribution is 5.73. The number of anilines is 2. The topological polar surface area (TPSA) is 82.4 Å². The molecule has 1 N–H and O–H groups in total. The van der Waals surface area contributed by atoms with Gasteiger partial charge in [0.1, 0.15) is 5.82 Å². The van der Waals surface area contributed by atoms with Crippen molar-refractivity contribution in [3.8, 4) is 0 Å². The number of aryl methyl sites for hydroxylation is 1. The van der Waals surface area contributed by atoms with E-state index in [4.69, 9.17) is 0 Å². The van der Waals surface area contributed by atoms with E-state index in [0.29, 0.717) is 19.6 Å². The van der Waals surface area contributed by atoms with Crippen molar-refractivity contribution >= 4 is 17.8 Å². The molecule has 2 aliphatic rings. The smallest absolute Gasteiger partial charge is 0.319 e. The lowest BCUT2D eigenvalue weighted by atomic mass is 10.3. The zero-order chi connectivity index (χ0) is 19.7. The van der Waals surface area contributed by atoms with Crippen LogP contribution in [0.15, 0.2) is 12.1 Å². The highest BCUT2D eigenvalue weighted by atomic mass is 16.2. The molecule has 28 heavy (non-hydrogen) atoms. The molecule has 2 amide bonds. The summed E-state index contributed by atoms with van der Waals surface area (Å²) in [6.07, 6.45) is 2.40. The average molecular weight is 384 g/mol. The fraction of sp³-hybridized carbons (Fsp3) is 0.579. The van der Waals surface area contributed by atoms with Gasteiger partial charge >= 0.3 is 6.03 Å². The Morgan fingerprint density at radius 1 is 1.14 bits per heavy atom. The normalized spacial score (nSPS) is 16.2. The van der Waals surface area contributed by atoms with E-state index in [1.807, 2.05) is 22.6 Å². The van der Waals surface area contributed by atoms with Crippen LogP contribution in [0.3, 0.4) is 0 Å². The largest absolute Gasteiger partial charge is 0.364 e. The molecule has 0 bridgehead atoms. The van der Waals surface area contributed by atoms with Gasteiger partial charge in [0.05, 0.1) is 31.0 Å². The molecule has 2 aromatic heterocycles. The second-order valence-electron chi connectivity index (χ2n) is 7.69. The maximum absolute atomic E-state index is 12.2. The molecule has 0 spiro atoms. The molecule has 9 nitrogen and oxygen atoms in total. The highest BCUT2D eigenvalue weighted by Gasteiger charge is 2.23. The zero-order valence-corrected chi connectivity index (χ0v) is 16.9. The van der Waals surface area contributed by atoms with E-state index in [-0.39, 0.29) is 6.03 Å². The predicted molar refractivity (Wildman–Crippen MR) is 107 cm³/mol. The van der Waals surface area contributed by atoms with E-state index in [1.165, 1.54) is 12.8 Å². The Bertz CT molecular complexity index is 856. The van der Waals surface area contributed by atoms with Crippen LogP contribution in [-0.2, 0) is 19.6 Å². The maximum atomic E-state index is 12.2. The molecule has 150 valence electrons. The number of carbonyl (C=O) groups excluding carboxylic acids is 1. The number of aromatic nitrogens is 4. The Morgan fingerprint density at radius 2 is 1.93 bits per heavy atom. The standard InChI is InChI=1S/C19H28N8O/c1-14-10-17(22-18(21-14)25-6-4-5-7-25)20-12-15-11-16-13-26(19(28)24(2)3)8-9-27(16)23-15/h10-11H,4-9,12-13H2,1-3H3,(H,20,21,22). The van der Waals surface area contributed by atoms with E-state index in [2.05, 4.69) is 31.3 Å². The molecule has 0 radical (unpaired) electrons. The summed E-state index contributed by atoms with van der Waals surface area (Å²) < 4.78 is 2.00. The molecule has 0 saturated carbocycles. The highest BCUT2D eigenvalue weighted by Crippen LogP contribution is 2.20. The van der Waals surface area contributed by atoms with Gasteiger partial charge in [-0.05, 0) is 25.8 Å². The average Bonchev–Trinajstić information content (AvgIpc) is 3.34. The molecule has 1 fully saturated rings. The van der Waals surface area contributed by atoms with E-state index >= 15 is 0 Å². The summed E-state index contributed by atoms with van der Waals surface area (Å²) in [5, 5.41) is 8.06. The van der Waals surface area contributed by atoms with Crippen molar-refractivity contribution < 1.29 is 4.79 Å². The molecular weight excluding hydrogens is 356 g/mol. The van der Waals surface area contributed by atoms with Gasteiger partial charge in [-0.2, -0.15) is 10.1 Å². The number of rotatable bonds is 4. The van der Waals surface area contributed by atoms with Gasteiger partial charge in [-0.25, -0.2) is 9.78 Å².